The summed E-state index contributed by atoms with van der Waals surface area (Å²) >= 11 is 0. The van der Waals surface area contributed by atoms with E-state index in [2.05, 4.69) is 4.85 Å². The number of carboxylic acid groups (broad SMARTS) is 2. The number of esters is 2. The zero-order valence-electron chi connectivity index (χ0n) is 15.1. The molecular weight excluding hydrogens is 378 g/mol. The molecule has 2 N–H and O–H groups in total. The van der Waals surface area contributed by atoms with Gasteiger partial charge in [0.15, 0.2) is 6.10 Å². The first-order valence-electron chi connectivity index (χ1n) is 8.78. The Morgan fingerprint density at radius 3 is 2.07 bits per heavy atom. The number of hydrogen-bond acceptors (Lipinski definition) is 8. The summed E-state index contributed by atoms with van der Waals surface area (Å²) in [6, 6.07) is 0. The van der Waals surface area contributed by atoms with E-state index < -0.39 is 47.9 Å². The van der Waals surface area contributed by atoms with Crippen molar-refractivity contribution in [2.45, 2.75) is 62.6 Å². The van der Waals surface area contributed by atoms with E-state index >= 15 is 0 Å². The van der Waals surface area contributed by atoms with Crippen LogP contribution in [0, 0.1) is 6.57 Å². The lowest BCUT2D eigenvalue weighted by atomic mass is 10.0. The van der Waals surface area contributed by atoms with Gasteiger partial charge in [0.2, 0.25) is 12.2 Å². The Labute approximate surface area is 160 Å². The highest BCUT2D eigenvalue weighted by atomic mass is 16.7. The Hall–Kier alpha value is -2.71. The van der Waals surface area contributed by atoms with Gasteiger partial charge < -0.3 is 24.4 Å². The Morgan fingerprint density at radius 2 is 1.54 bits per heavy atom. The third-order valence-corrected chi connectivity index (χ3v) is 4.41. The summed E-state index contributed by atoms with van der Waals surface area (Å²) in [4.78, 5) is 48.5. The molecule has 2 saturated heterocycles. The molecule has 0 aromatic heterocycles. The van der Waals surface area contributed by atoms with Crippen molar-refractivity contribution in [2.24, 2.45) is 0 Å². The standard InChI is InChI=1S/C17H21NO10/c1-18-17-11(28-15(24)7-3-5-13(21)22)9-25-16(17)10(8-26-17)27-14(23)6-2-4-12(19)20/h1,10-11,16H,2-9H2,(H-,19,20,21,22)/p+1/t10-,11-,16-,17-/m1/s1. The second kappa shape index (κ2) is 9.48. The van der Waals surface area contributed by atoms with Crippen molar-refractivity contribution < 1.29 is 48.3 Å². The van der Waals surface area contributed by atoms with Crippen LogP contribution in [0.15, 0.2) is 0 Å². The van der Waals surface area contributed by atoms with Crippen LogP contribution in [0.2, 0.25) is 0 Å². The van der Waals surface area contributed by atoms with Crippen molar-refractivity contribution in [1.82, 2.24) is 0 Å². The molecule has 2 aliphatic rings. The molecule has 11 nitrogen and oxygen atoms in total. The molecule has 0 amide bonds. The van der Waals surface area contributed by atoms with Gasteiger partial charge in [0.1, 0.15) is 0 Å². The van der Waals surface area contributed by atoms with Gasteiger partial charge in [-0.05, 0) is 17.7 Å². The van der Waals surface area contributed by atoms with Gasteiger partial charge in [0.25, 0.3) is 6.57 Å². The molecule has 11 heteroatoms. The molecule has 2 rings (SSSR count). The number of carboxylic acids is 2. The fourth-order valence-corrected chi connectivity index (χ4v) is 3.09. The minimum atomic E-state index is -1.52. The van der Waals surface area contributed by atoms with E-state index in [0.29, 0.717) is 0 Å². The van der Waals surface area contributed by atoms with E-state index in [4.69, 9.17) is 35.7 Å². The van der Waals surface area contributed by atoms with Gasteiger partial charge in [0, 0.05) is 25.7 Å². The Kier molecular flexibility index (Phi) is 7.31. The number of nitrogens with zero attached hydrogens (tertiary/aromatic N) is 1. The van der Waals surface area contributed by atoms with Gasteiger partial charge in [0.05, 0.1) is 13.2 Å². The predicted octanol–water partition coefficient (Wildman–Crippen LogP) is 0.408. The smallest absolute Gasteiger partial charge is 0.453 e. The molecule has 2 heterocycles. The Morgan fingerprint density at radius 1 is 0.964 bits per heavy atom. The number of carbonyl (C=O) groups excluding carboxylic acids is 2. The minimum absolute atomic E-state index is 0.0791. The SMILES string of the molecule is C#[N+][C@]12OC[C@@H](OC(=O)CCCC(=O)O)[C@H]1OC[C@H]2OC(=O)CCCC(=O)O. The first-order chi connectivity index (χ1) is 13.3. The molecule has 0 aliphatic carbocycles. The molecule has 0 radical (unpaired) electrons. The second-order valence-electron chi connectivity index (χ2n) is 6.45. The second-order valence-corrected chi connectivity index (χ2v) is 6.45. The van der Waals surface area contributed by atoms with E-state index in [1.54, 1.807) is 0 Å². The number of carbonyl (C=O) groups is 4. The monoisotopic (exact) mass is 400 g/mol. The molecule has 0 saturated carbocycles. The van der Waals surface area contributed by atoms with Crippen LogP contribution in [0.1, 0.15) is 38.5 Å². The first kappa shape index (κ1) is 21.6. The van der Waals surface area contributed by atoms with Gasteiger partial charge >= 0.3 is 29.6 Å². The van der Waals surface area contributed by atoms with Crippen molar-refractivity contribution in [3.05, 3.63) is 4.85 Å². The zero-order chi connectivity index (χ0) is 20.7. The van der Waals surface area contributed by atoms with E-state index in [1.807, 2.05) is 0 Å². The summed E-state index contributed by atoms with van der Waals surface area (Å²) in [5.74, 6) is -3.28. The molecule has 0 spiro atoms. The van der Waals surface area contributed by atoms with Crippen molar-refractivity contribution in [3.8, 4) is 6.57 Å². The van der Waals surface area contributed by atoms with E-state index in [0.717, 1.165) is 0 Å². The number of fused-ring (bicyclic) bond motifs is 1. The molecule has 0 bridgehead atoms. The van der Waals surface area contributed by atoms with Gasteiger partial charge in [-0.15, -0.1) is 0 Å². The van der Waals surface area contributed by atoms with Crippen LogP contribution in [-0.2, 0) is 38.1 Å². The summed E-state index contributed by atoms with van der Waals surface area (Å²) in [7, 11) is 0. The average molecular weight is 400 g/mol. The topological polar surface area (TPSA) is 150 Å². The first-order valence-corrected chi connectivity index (χ1v) is 8.78. The van der Waals surface area contributed by atoms with Crippen LogP contribution in [0.3, 0.4) is 0 Å². The largest absolute Gasteiger partial charge is 0.481 e. The van der Waals surface area contributed by atoms with Gasteiger partial charge in [-0.3, -0.25) is 23.9 Å². The molecular formula is C17H22NO10+. The van der Waals surface area contributed by atoms with Gasteiger partial charge in [-0.2, -0.15) is 0 Å². The number of hydrogen-bond donors (Lipinski definition) is 2. The van der Waals surface area contributed by atoms with Crippen molar-refractivity contribution in [2.75, 3.05) is 13.2 Å². The maximum Gasteiger partial charge on any atom is 0.453 e. The fourth-order valence-electron chi connectivity index (χ4n) is 3.09. The van der Waals surface area contributed by atoms with Crippen LogP contribution in [0.25, 0.3) is 4.85 Å². The average Bonchev–Trinajstić information content (AvgIpc) is 3.13. The van der Waals surface area contributed by atoms with E-state index in [9.17, 15) is 19.2 Å². The van der Waals surface area contributed by atoms with Gasteiger partial charge in [-0.1, -0.05) is 0 Å². The van der Waals surface area contributed by atoms with Crippen LogP contribution < -0.4 is 0 Å². The molecule has 4 atom stereocenters. The quantitative estimate of drug-likeness (QED) is 0.493. The third kappa shape index (κ3) is 5.17. The Bertz CT molecular complexity index is 671. The molecule has 0 aromatic rings. The molecule has 2 aliphatic heterocycles. The lowest BCUT2D eigenvalue weighted by Crippen LogP contribution is -2.46. The predicted molar refractivity (Wildman–Crippen MR) is 89.5 cm³/mol. The zero-order valence-corrected chi connectivity index (χ0v) is 15.1. The maximum atomic E-state index is 11.9. The Balaban J connectivity index is 1.89. The molecule has 2 fully saturated rings. The minimum Gasteiger partial charge on any atom is -0.481 e. The normalized spacial score (nSPS) is 28.2. The summed E-state index contributed by atoms with van der Waals surface area (Å²) in [6.07, 6.45) is -2.92. The molecule has 28 heavy (non-hydrogen) atoms. The van der Waals surface area contributed by atoms with Crippen molar-refractivity contribution in [1.29, 1.82) is 0 Å². The summed E-state index contributed by atoms with van der Waals surface area (Å²) in [6.45, 7) is 5.31. The lowest BCUT2D eigenvalue weighted by Gasteiger charge is -2.17. The molecule has 154 valence electrons. The van der Waals surface area contributed by atoms with Crippen LogP contribution in [-0.4, -0.2) is 71.3 Å². The van der Waals surface area contributed by atoms with Crippen LogP contribution >= 0.6 is 0 Å². The number of rotatable bonds is 10. The summed E-state index contributed by atoms with van der Waals surface area (Å²) in [5.41, 5.74) is -1.52. The highest BCUT2D eigenvalue weighted by molar-refractivity contribution is 5.72. The van der Waals surface area contributed by atoms with E-state index in [-0.39, 0.29) is 51.7 Å². The molecule has 0 unspecified atom stereocenters. The maximum absolute atomic E-state index is 11.9. The number of aliphatic carboxylic acids is 2. The number of ether oxygens (including phenoxy) is 4. The highest BCUT2D eigenvalue weighted by Crippen LogP contribution is 2.41. The third-order valence-electron chi connectivity index (χ3n) is 4.41. The van der Waals surface area contributed by atoms with Crippen LogP contribution in [0.5, 0.6) is 0 Å². The highest BCUT2D eigenvalue weighted by Gasteiger charge is 2.72. The van der Waals surface area contributed by atoms with Gasteiger partial charge in [-0.25, -0.2) is 0 Å². The van der Waals surface area contributed by atoms with Crippen molar-refractivity contribution >= 4 is 23.9 Å². The van der Waals surface area contributed by atoms with Crippen molar-refractivity contribution in [3.63, 3.8) is 0 Å². The van der Waals surface area contributed by atoms with E-state index in [1.165, 1.54) is 0 Å². The fraction of sp³-hybridized carbons (Fsp3) is 0.706. The van der Waals surface area contributed by atoms with Crippen LogP contribution in [0.4, 0.5) is 0 Å². The molecule has 0 aromatic carbocycles. The summed E-state index contributed by atoms with van der Waals surface area (Å²) < 4.78 is 21.7. The lowest BCUT2D eigenvalue weighted by molar-refractivity contribution is -0.158. The summed E-state index contributed by atoms with van der Waals surface area (Å²) in [5, 5.41) is 17.2.